The number of hydrazone groups is 1. The summed E-state index contributed by atoms with van der Waals surface area (Å²) in [5, 5.41) is 4.61. The highest BCUT2D eigenvalue weighted by atomic mass is 35.5. The van der Waals surface area contributed by atoms with Crippen molar-refractivity contribution in [3.63, 3.8) is 0 Å². The number of benzene rings is 3. The first-order chi connectivity index (χ1) is 16.3. The second kappa shape index (κ2) is 11.2. The van der Waals surface area contributed by atoms with Crippen molar-refractivity contribution in [2.24, 2.45) is 5.10 Å². The van der Waals surface area contributed by atoms with Gasteiger partial charge in [-0.2, -0.15) is 5.10 Å². The molecule has 3 rings (SSSR count). The summed E-state index contributed by atoms with van der Waals surface area (Å²) in [7, 11) is -1.29. The maximum absolute atomic E-state index is 13.5. The Morgan fingerprint density at radius 3 is 2.38 bits per heavy atom. The van der Waals surface area contributed by atoms with Gasteiger partial charge in [0.05, 0.1) is 41.1 Å². The monoisotopic (exact) mass is 521 g/mol. The average molecular weight is 522 g/mol. The van der Waals surface area contributed by atoms with Gasteiger partial charge in [-0.1, -0.05) is 47.5 Å². The Balaban J connectivity index is 1.92. The highest BCUT2D eigenvalue weighted by Crippen LogP contribution is 2.35. The number of nitrogens with one attached hydrogen (secondary N) is 1. The second-order valence-electron chi connectivity index (χ2n) is 6.83. The summed E-state index contributed by atoms with van der Waals surface area (Å²) in [5.41, 5.74) is 3.06. The van der Waals surface area contributed by atoms with E-state index in [1.807, 2.05) is 0 Å². The van der Waals surface area contributed by atoms with Gasteiger partial charge in [0.15, 0.2) is 0 Å². The minimum Gasteiger partial charge on any atom is -0.497 e. The first-order valence-electron chi connectivity index (χ1n) is 9.83. The molecule has 0 aliphatic rings. The van der Waals surface area contributed by atoms with Crippen LogP contribution in [0.15, 0.2) is 76.7 Å². The van der Waals surface area contributed by atoms with Crippen molar-refractivity contribution in [3.8, 4) is 11.5 Å². The number of ether oxygens (including phenoxy) is 2. The van der Waals surface area contributed by atoms with Gasteiger partial charge in [0.2, 0.25) is 0 Å². The predicted octanol–water partition coefficient (Wildman–Crippen LogP) is 4.36. The zero-order valence-corrected chi connectivity index (χ0v) is 20.6. The van der Waals surface area contributed by atoms with E-state index in [0.29, 0.717) is 21.4 Å². The molecule has 0 aliphatic heterocycles. The van der Waals surface area contributed by atoms with Crippen molar-refractivity contribution in [3.05, 3.63) is 82.3 Å². The van der Waals surface area contributed by atoms with Crippen molar-refractivity contribution in [2.75, 3.05) is 25.1 Å². The Kier molecular flexibility index (Phi) is 8.38. The molecule has 34 heavy (non-hydrogen) atoms. The smallest absolute Gasteiger partial charge is 0.264 e. The summed E-state index contributed by atoms with van der Waals surface area (Å²) >= 11 is 11.9. The molecule has 0 saturated heterocycles. The standard InChI is InChI=1S/C23H21Cl2N3O5S/c1-32-17-9-11-22(33-2)21(13-17)28(34(30,31)18-6-4-3-5-7-18)15-23(29)27-26-14-16-8-10-19(24)20(25)12-16/h3-14H,15H2,1-2H3,(H,27,29)/b26-14-. The zero-order valence-electron chi connectivity index (χ0n) is 18.2. The quantitative estimate of drug-likeness (QED) is 0.333. The number of hydrogen-bond donors (Lipinski definition) is 1. The van der Waals surface area contributed by atoms with Crippen LogP contribution in [0, 0.1) is 0 Å². The summed E-state index contributed by atoms with van der Waals surface area (Å²) < 4.78 is 38.5. The molecule has 11 heteroatoms. The normalized spacial score (nSPS) is 11.3. The van der Waals surface area contributed by atoms with Crippen LogP contribution in [0.25, 0.3) is 0 Å². The lowest BCUT2D eigenvalue weighted by Gasteiger charge is -2.25. The molecule has 178 valence electrons. The molecule has 0 radical (unpaired) electrons. The number of rotatable bonds is 9. The van der Waals surface area contributed by atoms with Crippen molar-refractivity contribution >= 4 is 51.0 Å². The van der Waals surface area contributed by atoms with Crippen LogP contribution in [0.5, 0.6) is 11.5 Å². The van der Waals surface area contributed by atoms with E-state index in [1.54, 1.807) is 48.5 Å². The van der Waals surface area contributed by atoms with E-state index in [1.165, 1.54) is 38.6 Å². The molecule has 0 aliphatic carbocycles. The largest absolute Gasteiger partial charge is 0.497 e. The van der Waals surface area contributed by atoms with Gasteiger partial charge in [0, 0.05) is 6.07 Å². The van der Waals surface area contributed by atoms with Crippen LogP contribution < -0.4 is 19.2 Å². The molecule has 3 aromatic rings. The van der Waals surface area contributed by atoms with Crippen LogP contribution in [-0.2, 0) is 14.8 Å². The summed E-state index contributed by atoms with van der Waals surface area (Å²) in [6.07, 6.45) is 1.36. The maximum Gasteiger partial charge on any atom is 0.264 e. The van der Waals surface area contributed by atoms with E-state index in [0.717, 1.165) is 4.31 Å². The van der Waals surface area contributed by atoms with E-state index in [-0.39, 0.29) is 16.3 Å². The van der Waals surface area contributed by atoms with Gasteiger partial charge in [-0.15, -0.1) is 0 Å². The molecule has 0 atom stereocenters. The maximum atomic E-state index is 13.5. The van der Waals surface area contributed by atoms with E-state index in [2.05, 4.69) is 10.5 Å². The van der Waals surface area contributed by atoms with Crippen LogP contribution in [0.4, 0.5) is 5.69 Å². The number of halogens is 2. The van der Waals surface area contributed by atoms with Gasteiger partial charge in [0.1, 0.15) is 18.0 Å². The lowest BCUT2D eigenvalue weighted by Crippen LogP contribution is -2.39. The fraction of sp³-hybridized carbons (Fsp3) is 0.130. The Labute approximate surface area is 207 Å². The van der Waals surface area contributed by atoms with Crippen LogP contribution >= 0.6 is 23.2 Å². The van der Waals surface area contributed by atoms with Gasteiger partial charge in [0.25, 0.3) is 15.9 Å². The van der Waals surface area contributed by atoms with Crippen molar-refractivity contribution in [1.29, 1.82) is 0 Å². The first-order valence-corrected chi connectivity index (χ1v) is 12.0. The van der Waals surface area contributed by atoms with Crippen molar-refractivity contribution < 1.29 is 22.7 Å². The van der Waals surface area contributed by atoms with Crippen LogP contribution in [0.2, 0.25) is 10.0 Å². The van der Waals surface area contributed by atoms with Gasteiger partial charge in [-0.3, -0.25) is 9.10 Å². The molecule has 8 nitrogen and oxygen atoms in total. The summed E-state index contributed by atoms with van der Waals surface area (Å²) in [4.78, 5) is 12.7. The molecule has 0 unspecified atom stereocenters. The van der Waals surface area contributed by atoms with Crippen LogP contribution in [-0.4, -0.2) is 41.3 Å². The lowest BCUT2D eigenvalue weighted by atomic mass is 10.2. The zero-order chi connectivity index (χ0) is 24.7. The van der Waals surface area contributed by atoms with Crippen molar-refractivity contribution in [2.45, 2.75) is 4.90 Å². The number of sulfonamides is 1. The summed E-state index contributed by atoms with van der Waals surface area (Å²) in [6, 6.07) is 17.3. The molecule has 0 spiro atoms. The van der Waals surface area contributed by atoms with E-state index < -0.39 is 22.5 Å². The molecule has 1 amide bonds. The molecule has 0 fully saturated rings. The molecule has 0 aromatic heterocycles. The fourth-order valence-corrected chi connectivity index (χ4v) is 4.70. The molecule has 3 aromatic carbocycles. The lowest BCUT2D eigenvalue weighted by molar-refractivity contribution is -0.119. The molecular formula is C23H21Cl2N3O5S. The molecule has 0 heterocycles. The van der Waals surface area contributed by atoms with E-state index in [9.17, 15) is 13.2 Å². The molecular weight excluding hydrogens is 501 g/mol. The molecule has 0 bridgehead atoms. The number of nitrogens with zero attached hydrogens (tertiary/aromatic N) is 2. The van der Waals surface area contributed by atoms with Gasteiger partial charge >= 0.3 is 0 Å². The highest BCUT2D eigenvalue weighted by Gasteiger charge is 2.29. The Hall–Kier alpha value is -3.27. The Morgan fingerprint density at radius 2 is 1.74 bits per heavy atom. The van der Waals surface area contributed by atoms with E-state index >= 15 is 0 Å². The third kappa shape index (κ3) is 5.99. The first kappa shape index (κ1) is 25.4. The number of amides is 1. The van der Waals surface area contributed by atoms with Crippen LogP contribution in [0.1, 0.15) is 5.56 Å². The minimum absolute atomic E-state index is 0.00646. The topological polar surface area (TPSA) is 97.3 Å². The summed E-state index contributed by atoms with van der Waals surface area (Å²) in [6.45, 7) is -0.570. The van der Waals surface area contributed by atoms with Gasteiger partial charge < -0.3 is 9.47 Å². The molecule has 0 saturated carbocycles. The number of anilines is 1. The summed E-state index contributed by atoms with van der Waals surface area (Å²) in [5.74, 6) is -0.0461. The number of hydrogen-bond acceptors (Lipinski definition) is 6. The Bertz CT molecular complexity index is 1300. The number of carbonyl (C=O) groups excluding carboxylic acids is 1. The highest BCUT2D eigenvalue weighted by molar-refractivity contribution is 7.92. The minimum atomic E-state index is -4.14. The van der Waals surface area contributed by atoms with Gasteiger partial charge in [-0.25, -0.2) is 13.8 Å². The second-order valence-corrected chi connectivity index (χ2v) is 9.51. The molecule has 1 N–H and O–H groups in total. The third-order valence-electron chi connectivity index (χ3n) is 4.62. The number of methoxy groups -OCH3 is 2. The third-order valence-corrected chi connectivity index (χ3v) is 7.13. The number of carbonyl (C=O) groups is 1. The van der Waals surface area contributed by atoms with Crippen LogP contribution in [0.3, 0.4) is 0 Å². The average Bonchev–Trinajstić information content (AvgIpc) is 2.84. The predicted molar refractivity (Wildman–Crippen MR) is 133 cm³/mol. The van der Waals surface area contributed by atoms with E-state index in [4.69, 9.17) is 32.7 Å². The SMILES string of the molecule is COc1ccc(OC)c(N(CC(=O)N/N=C\c2ccc(Cl)c(Cl)c2)S(=O)(=O)c2ccccc2)c1. The Morgan fingerprint density at radius 1 is 1.00 bits per heavy atom. The fourth-order valence-electron chi connectivity index (χ4n) is 2.95. The van der Waals surface area contributed by atoms with Crippen molar-refractivity contribution in [1.82, 2.24) is 5.43 Å². The van der Waals surface area contributed by atoms with Gasteiger partial charge in [-0.05, 0) is 42.0 Å².